The van der Waals surface area contributed by atoms with E-state index in [9.17, 15) is 4.79 Å². The molecule has 1 heterocycles. The Morgan fingerprint density at radius 1 is 1.08 bits per heavy atom. The molecule has 0 amide bonds. The van der Waals surface area contributed by atoms with Gasteiger partial charge in [0, 0.05) is 5.56 Å². The molecule has 0 unspecified atom stereocenters. The van der Waals surface area contributed by atoms with E-state index in [4.69, 9.17) is 27.9 Å². The minimum Gasteiger partial charge on any atom is -0.464 e. The van der Waals surface area contributed by atoms with Crippen molar-refractivity contribution in [2.24, 2.45) is 0 Å². The van der Waals surface area contributed by atoms with Crippen LogP contribution in [0.25, 0.3) is 16.9 Å². The standard InChI is InChI=1S/C19H16Cl2N2O2/c1-11-5-4-6-17(12(11)2)23-18(10-16(22-23)19(24)25-3)13-7-8-14(20)15(21)9-13/h4-10H,1-3H3. The molecule has 2 aromatic carbocycles. The van der Waals surface area contributed by atoms with E-state index in [1.165, 1.54) is 7.11 Å². The highest BCUT2D eigenvalue weighted by molar-refractivity contribution is 6.42. The number of benzene rings is 2. The minimum atomic E-state index is -0.495. The zero-order valence-electron chi connectivity index (χ0n) is 14.0. The van der Waals surface area contributed by atoms with Gasteiger partial charge in [-0.1, -0.05) is 41.4 Å². The van der Waals surface area contributed by atoms with E-state index in [2.05, 4.69) is 5.10 Å². The molecule has 6 heteroatoms. The van der Waals surface area contributed by atoms with Gasteiger partial charge in [-0.25, -0.2) is 9.48 Å². The second-order valence-corrected chi connectivity index (χ2v) is 6.48. The van der Waals surface area contributed by atoms with Crippen molar-refractivity contribution < 1.29 is 9.53 Å². The molecule has 25 heavy (non-hydrogen) atoms. The molecule has 0 N–H and O–H groups in total. The van der Waals surface area contributed by atoms with Gasteiger partial charge < -0.3 is 4.74 Å². The quantitative estimate of drug-likeness (QED) is 0.588. The summed E-state index contributed by atoms with van der Waals surface area (Å²) in [7, 11) is 1.33. The van der Waals surface area contributed by atoms with Crippen molar-refractivity contribution in [1.82, 2.24) is 9.78 Å². The zero-order valence-corrected chi connectivity index (χ0v) is 15.5. The molecular weight excluding hydrogens is 359 g/mol. The smallest absolute Gasteiger partial charge is 0.358 e. The number of methoxy groups -OCH3 is 1. The molecule has 0 aliphatic carbocycles. The van der Waals surface area contributed by atoms with Crippen LogP contribution in [0.15, 0.2) is 42.5 Å². The van der Waals surface area contributed by atoms with Gasteiger partial charge in [0.1, 0.15) is 0 Å². The van der Waals surface area contributed by atoms with Crippen molar-refractivity contribution in [2.45, 2.75) is 13.8 Å². The maximum Gasteiger partial charge on any atom is 0.358 e. The topological polar surface area (TPSA) is 44.1 Å². The summed E-state index contributed by atoms with van der Waals surface area (Å²) < 4.78 is 6.54. The number of hydrogen-bond donors (Lipinski definition) is 0. The molecular formula is C19H16Cl2N2O2. The first-order valence-electron chi connectivity index (χ1n) is 7.62. The van der Waals surface area contributed by atoms with Crippen LogP contribution in [-0.2, 0) is 4.74 Å². The molecule has 0 aliphatic heterocycles. The van der Waals surface area contributed by atoms with Crippen LogP contribution >= 0.6 is 23.2 Å². The number of aromatic nitrogens is 2. The predicted molar refractivity (Wildman–Crippen MR) is 99.8 cm³/mol. The third-order valence-corrected chi connectivity index (χ3v) is 4.86. The first-order chi connectivity index (χ1) is 11.9. The van der Waals surface area contributed by atoms with E-state index >= 15 is 0 Å². The first kappa shape index (κ1) is 17.5. The second kappa shape index (κ2) is 6.90. The molecule has 0 radical (unpaired) electrons. The van der Waals surface area contributed by atoms with Crippen LogP contribution in [-0.4, -0.2) is 22.9 Å². The number of carbonyl (C=O) groups is 1. The van der Waals surface area contributed by atoms with Crippen LogP contribution in [0.2, 0.25) is 10.0 Å². The average Bonchev–Trinajstić information content (AvgIpc) is 3.04. The molecule has 3 rings (SSSR count). The molecule has 0 bridgehead atoms. The number of carbonyl (C=O) groups excluding carboxylic acids is 1. The van der Waals surface area contributed by atoms with Gasteiger partial charge in [-0.2, -0.15) is 5.10 Å². The van der Waals surface area contributed by atoms with Crippen LogP contribution in [0.3, 0.4) is 0 Å². The normalized spacial score (nSPS) is 10.8. The number of aryl methyl sites for hydroxylation is 1. The molecule has 0 saturated carbocycles. The summed E-state index contributed by atoms with van der Waals surface area (Å²) >= 11 is 12.2. The van der Waals surface area contributed by atoms with Gasteiger partial charge in [0.25, 0.3) is 0 Å². The predicted octanol–water partition coefficient (Wildman–Crippen LogP) is 5.25. The van der Waals surface area contributed by atoms with Crippen LogP contribution in [0.5, 0.6) is 0 Å². The van der Waals surface area contributed by atoms with Crippen molar-refractivity contribution in [3.05, 3.63) is 69.3 Å². The third kappa shape index (κ3) is 3.28. The van der Waals surface area contributed by atoms with Crippen LogP contribution < -0.4 is 0 Å². The molecule has 3 aromatic rings. The Hall–Kier alpha value is -2.30. The Morgan fingerprint density at radius 3 is 2.52 bits per heavy atom. The summed E-state index contributed by atoms with van der Waals surface area (Å²) in [6.07, 6.45) is 0. The molecule has 4 nitrogen and oxygen atoms in total. The molecule has 0 spiro atoms. The van der Waals surface area contributed by atoms with E-state index in [1.807, 2.05) is 38.1 Å². The van der Waals surface area contributed by atoms with Crippen LogP contribution in [0.1, 0.15) is 21.6 Å². The Balaban J connectivity index is 2.26. The maximum atomic E-state index is 12.0. The number of ether oxygens (including phenoxy) is 1. The summed E-state index contributed by atoms with van der Waals surface area (Å²) in [5, 5.41) is 5.35. The van der Waals surface area contributed by atoms with Crippen molar-refractivity contribution in [2.75, 3.05) is 7.11 Å². The number of nitrogens with zero attached hydrogens (tertiary/aromatic N) is 2. The first-order valence-corrected chi connectivity index (χ1v) is 8.38. The highest BCUT2D eigenvalue weighted by atomic mass is 35.5. The lowest BCUT2D eigenvalue weighted by Gasteiger charge is -2.12. The molecule has 1 aromatic heterocycles. The average molecular weight is 375 g/mol. The summed E-state index contributed by atoms with van der Waals surface area (Å²) in [4.78, 5) is 12.0. The van der Waals surface area contributed by atoms with Gasteiger partial charge in [0.05, 0.1) is 28.5 Å². The van der Waals surface area contributed by atoms with Gasteiger partial charge >= 0.3 is 5.97 Å². The second-order valence-electron chi connectivity index (χ2n) is 5.67. The Labute approximate surface area is 155 Å². The van der Waals surface area contributed by atoms with E-state index in [0.29, 0.717) is 10.0 Å². The maximum absolute atomic E-state index is 12.0. The van der Waals surface area contributed by atoms with Crippen molar-refractivity contribution in [3.63, 3.8) is 0 Å². The van der Waals surface area contributed by atoms with Crippen LogP contribution in [0, 0.1) is 13.8 Å². The Morgan fingerprint density at radius 2 is 1.84 bits per heavy atom. The fraction of sp³-hybridized carbons (Fsp3) is 0.158. The zero-order chi connectivity index (χ0) is 18.1. The fourth-order valence-corrected chi connectivity index (χ4v) is 2.89. The summed E-state index contributed by atoms with van der Waals surface area (Å²) in [5.74, 6) is -0.495. The number of hydrogen-bond acceptors (Lipinski definition) is 3. The van der Waals surface area contributed by atoms with Gasteiger partial charge in [0.15, 0.2) is 5.69 Å². The molecule has 0 aliphatic rings. The minimum absolute atomic E-state index is 0.226. The van der Waals surface area contributed by atoms with Gasteiger partial charge in [-0.05, 0) is 49.2 Å². The van der Waals surface area contributed by atoms with Crippen molar-refractivity contribution in [3.8, 4) is 16.9 Å². The number of halogens is 2. The molecule has 0 fully saturated rings. The molecule has 0 saturated heterocycles. The highest BCUT2D eigenvalue weighted by Crippen LogP contribution is 2.31. The Bertz CT molecular complexity index is 964. The van der Waals surface area contributed by atoms with E-state index in [-0.39, 0.29) is 5.69 Å². The van der Waals surface area contributed by atoms with Gasteiger partial charge in [0.2, 0.25) is 0 Å². The number of esters is 1. The Kier molecular flexibility index (Phi) is 4.84. The number of rotatable bonds is 3. The SMILES string of the molecule is COC(=O)c1cc(-c2ccc(Cl)c(Cl)c2)n(-c2cccc(C)c2C)n1. The van der Waals surface area contributed by atoms with Crippen molar-refractivity contribution >= 4 is 29.2 Å². The summed E-state index contributed by atoms with van der Waals surface area (Å²) in [5.41, 5.74) is 4.85. The third-order valence-electron chi connectivity index (χ3n) is 4.12. The highest BCUT2D eigenvalue weighted by Gasteiger charge is 2.19. The lowest BCUT2D eigenvalue weighted by molar-refractivity contribution is 0.0593. The summed E-state index contributed by atoms with van der Waals surface area (Å²) in [6, 6.07) is 12.9. The van der Waals surface area contributed by atoms with Crippen molar-refractivity contribution in [1.29, 1.82) is 0 Å². The van der Waals surface area contributed by atoms with Gasteiger partial charge in [-0.3, -0.25) is 0 Å². The largest absolute Gasteiger partial charge is 0.464 e. The molecule has 128 valence electrons. The van der Waals surface area contributed by atoms with E-state index in [1.54, 1.807) is 22.9 Å². The van der Waals surface area contributed by atoms with Crippen LogP contribution in [0.4, 0.5) is 0 Å². The van der Waals surface area contributed by atoms with E-state index in [0.717, 1.165) is 28.1 Å². The molecule has 0 atom stereocenters. The summed E-state index contributed by atoms with van der Waals surface area (Å²) in [6.45, 7) is 4.05. The monoisotopic (exact) mass is 374 g/mol. The van der Waals surface area contributed by atoms with Gasteiger partial charge in [-0.15, -0.1) is 0 Å². The lowest BCUT2D eigenvalue weighted by Crippen LogP contribution is -2.06. The van der Waals surface area contributed by atoms with E-state index < -0.39 is 5.97 Å². The lowest BCUT2D eigenvalue weighted by atomic mass is 10.1. The fourth-order valence-electron chi connectivity index (χ4n) is 2.60.